The third kappa shape index (κ3) is 5.77. The van der Waals surface area contributed by atoms with E-state index in [2.05, 4.69) is 9.72 Å². The van der Waals surface area contributed by atoms with Crippen molar-refractivity contribution in [2.75, 3.05) is 33.9 Å². The zero-order valence-corrected chi connectivity index (χ0v) is 14.9. The molecule has 0 bridgehead atoms. The highest BCUT2D eigenvalue weighted by molar-refractivity contribution is 5.94. The van der Waals surface area contributed by atoms with Crippen LogP contribution in [-0.4, -0.2) is 55.7 Å². The molecule has 0 fully saturated rings. The number of aromatic nitrogens is 1. The number of benzene rings is 1. The molecule has 1 aromatic heterocycles. The van der Waals surface area contributed by atoms with Gasteiger partial charge in [-0.1, -0.05) is 0 Å². The molecule has 26 heavy (non-hydrogen) atoms. The van der Waals surface area contributed by atoms with E-state index in [0.717, 1.165) is 5.75 Å². The van der Waals surface area contributed by atoms with E-state index in [0.29, 0.717) is 24.5 Å². The standard InChI is InChI=1S/C19H22N2O5/c1-24-16-3-5-17(6-4-16)26-14-13-21(12-9-18(22)25-2)19(23)15-7-10-20-11-8-15/h3-8,10-11H,9,12-14H2,1-2H3. The Balaban J connectivity index is 1.96. The Morgan fingerprint density at radius 1 is 0.962 bits per heavy atom. The summed E-state index contributed by atoms with van der Waals surface area (Å²) in [6.07, 6.45) is 3.23. The van der Waals surface area contributed by atoms with Crippen molar-refractivity contribution in [2.45, 2.75) is 6.42 Å². The van der Waals surface area contributed by atoms with Crippen molar-refractivity contribution in [2.24, 2.45) is 0 Å². The molecule has 0 aliphatic heterocycles. The second-order valence-electron chi connectivity index (χ2n) is 5.38. The first kappa shape index (κ1) is 19.2. The van der Waals surface area contributed by atoms with E-state index >= 15 is 0 Å². The van der Waals surface area contributed by atoms with Gasteiger partial charge in [-0.25, -0.2) is 0 Å². The number of carbonyl (C=O) groups is 2. The van der Waals surface area contributed by atoms with Crippen molar-refractivity contribution in [1.82, 2.24) is 9.88 Å². The van der Waals surface area contributed by atoms with Crippen LogP contribution < -0.4 is 9.47 Å². The summed E-state index contributed by atoms with van der Waals surface area (Å²) in [5.41, 5.74) is 0.509. The lowest BCUT2D eigenvalue weighted by Crippen LogP contribution is -2.36. The van der Waals surface area contributed by atoms with Crippen LogP contribution in [0.15, 0.2) is 48.8 Å². The van der Waals surface area contributed by atoms with Crippen LogP contribution in [0.2, 0.25) is 0 Å². The number of hydrogen-bond donors (Lipinski definition) is 0. The minimum absolute atomic E-state index is 0.121. The van der Waals surface area contributed by atoms with Gasteiger partial charge < -0.3 is 19.1 Å². The first-order valence-corrected chi connectivity index (χ1v) is 8.17. The molecular weight excluding hydrogens is 336 g/mol. The van der Waals surface area contributed by atoms with Crippen molar-refractivity contribution < 1.29 is 23.8 Å². The fourth-order valence-corrected chi connectivity index (χ4v) is 2.27. The number of pyridine rings is 1. The van der Waals surface area contributed by atoms with E-state index in [1.54, 1.807) is 60.8 Å². The summed E-state index contributed by atoms with van der Waals surface area (Å²) in [5, 5.41) is 0. The molecule has 0 spiro atoms. The van der Waals surface area contributed by atoms with E-state index in [1.807, 2.05) is 0 Å². The molecule has 2 rings (SSSR count). The van der Waals surface area contributed by atoms with Gasteiger partial charge in [0, 0.05) is 24.5 Å². The molecule has 0 aliphatic carbocycles. The minimum atomic E-state index is -0.367. The number of methoxy groups -OCH3 is 2. The van der Waals surface area contributed by atoms with Crippen molar-refractivity contribution >= 4 is 11.9 Å². The SMILES string of the molecule is COC(=O)CCN(CCOc1ccc(OC)cc1)C(=O)c1ccncc1. The summed E-state index contributed by atoms with van der Waals surface area (Å²) < 4.78 is 15.4. The summed E-state index contributed by atoms with van der Waals surface area (Å²) >= 11 is 0. The zero-order chi connectivity index (χ0) is 18.8. The van der Waals surface area contributed by atoms with E-state index < -0.39 is 0 Å². The van der Waals surface area contributed by atoms with Crippen molar-refractivity contribution in [3.8, 4) is 11.5 Å². The molecule has 0 saturated heterocycles. The molecule has 0 aliphatic rings. The normalized spacial score (nSPS) is 10.1. The van der Waals surface area contributed by atoms with Crippen molar-refractivity contribution in [3.05, 3.63) is 54.4 Å². The highest BCUT2D eigenvalue weighted by Crippen LogP contribution is 2.17. The van der Waals surface area contributed by atoms with Gasteiger partial charge in [-0.05, 0) is 36.4 Å². The van der Waals surface area contributed by atoms with Crippen LogP contribution in [0.4, 0.5) is 0 Å². The van der Waals surface area contributed by atoms with E-state index in [9.17, 15) is 9.59 Å². The van der Waals surface area contributed by atoms with E-state index in [-0.39, 0.29) is 24.8 Å². The summed E-state index contributed by atoms with van der Waals surface area (Å²) in [6.45, 7) is 0.883. The zero-order valence-electron chi connectivity index (χ0n) is 14.9. The monoisotopic (exact) mass is 358 g/mol. The lowest BCUT2D eigenvalue weighted by Gasteiger charge is -2.22. The fourth-order valence-electron chi connectivity index (χ4n) is 2.27. The summed E-state index contributed by atoms with van der Waals surface area (Å²) in [5.74, 6) is 0.864. The summed E-state index contributed by atoms with van der Waals surface area (Å²) in [4.78, 5) is 29.5. The molecule has 7 heteroatoms. The predicted molar refractivity (Wildman–Crippen MR) is 95.3 cm³/mol. The Bertz CT molecular complexity index is 704. The molecule has 0 atom stereocenters. The Morgan fingerprint density at radius 3 is 2.23 bits per heavy atom. The van der Waals surface area contributed by atoms with Crippen molar-refractivity contribution in [3.63, 3.8) is 0 Å². The molecule has 1 heterocycles. The van der Waals surface area contributed by atoms with Gasteiger partial charge in [0.1, 0.15) is 18.1 Å². The third-order valence-electron chi connectivity index (χ3n) is 3.72. The third-order valence-corrected chi connectivity index (χ3v) is 3.72. The first-order chi connectivity index (χ1) is 12.6. The number of rotatable bonds is 9. The second-order valence-corrected chi connectivity index (χ2v) is 5.38. The lowest BCUT2D eigenvalue weighted by atomic mass is 10.2. The largest absolute Gasteiger partial charge is 0.497 e. The molecule has 1 aromatic carbocycles. The average molecular weight is 358 g/mol. The molecule has 138 valence electrons. The Kier molecular flexibility index (Phi) is 7.42. The van der Waals surface area contributed by atoms with Gasteiger partial charge in [0.25, 0.3) is 5.91 Å². The molecule has 0 N–H and O–H groups in total. The number of esters is 1. The Labute approximate surface area is 152 Å². The van der Waals surface area contributed by atoms with Crippen LogP contribution in [-0.2, 0) is 9.53 Å². The highest BCUT2D eigenvalue weighted by atomic mass is 16.5. The van der Waals surface area contributed by atoms with Gasteiger partial charge in [0.05, 0.1) is 27.2 Å². The van der Waals surface area contributed by atoms with Crippen LogP contribution in [0.25, 0.3) is 0 Å². The van der Waals surface area contributed by atoms with Gasteiger partial charge >= 0.3 is 5.97 Å². The van der Waals surface area contributed by atoms with Crippen LogP contribution in [0.5, 0.6) is 11.5 Å². The first-order valence-electron chi connectivity index (χ1n) is 8.17. The van der Waals surface area contributed by atoms with Crippen LogP contribution in [0.3, 0.4) is 0 Å². The minimum Gasteiger partial charge on any atom is -0.497 e. The molecule has 0 radical (unpaired) electrons. The average Bonchev–Trinajstić information content (AvgIpc) is 2.70. The molecule has 0 saturated carbocycles. The van der Waals surface area contributed by atoms with Gasteiger partial charge in [-0.2, -0.15) is 0 Å². The van der Waals surface area contributed by atoms with E-state index in [1.165, 1.54) is 7.11 Å². The number of hydrogen-bond acceptors (Lipinski definition) is 6. The lowest BCUT2D eigenvalue weighted by molar-refractivity contribution is -0.140. The summed E-state index contributed by atoms with van der Waals surface area (Å²) in [7, 11) is 2.92. The molecule has 0 unspecified atom stereocenters. The molecular formula is C19H22N2O5. The maximum absolute atomic E-state index is 12.6. The van der Waals surface area contributed by atoms with Gasteiger partial charge in [0.15, 0.2) is 0 Å². The number of nitrogens with zero attached hydrogens (tertiary/aromatic N) is 2. The number of ether oxygens (including phenoxy) is 3. The quantitative estimate of drug-likeness (QED) is 0.640. The fraction of sp³-hybridized carbons (Fsp3) is 0.316. The Hall–Kier alpha value is -3.09. The van der Waals surface area contributed by atoms with E-state index in [4.69, 9.17) is 9.47 Å². The summed E-state index contributed by atoms with van der Waals surface area (Å²) in [6, 6.07) is 10.5. The van der Waals surface area contributed by atoms with Crippen LogP contribution in [0.1, 0.15) is 16.8 Å². The molecule has 2 aromatic rings. The number of carbonyl (C=O) groups excluding carboxylic acids is 2. The maximum Gasteiger partial charge on any atom is 0.307 e. The van der Waals surface area contributed by atoms with Crippen molar-refractivity contribution in [1.29, 1.82) is 0 Å². The van der Waals surface area contributed by atoms with Gasteiger partial charge in [-0.15, -0.1) is 0 Å². The maximum atomic E-state index is 12.6. The smallest absolute Gasteiger partial charge is 0.307 e. The predicted octanol–water partition coefficient (Wildman–Crippen LogP) is 2.17. The van der Waals surface area contributed by atoms with Crippen LogP contribution in [0, 0.1) is 0 Å². The number of amides is 1. The molecule has 7 nitrogen and oxygen atoms in total. The van der Waals surface area contributed by atoms with Gasteiger partial charge in [-0.3, -0.25) is 14.6 Å². The molecule has 1 amide bonds. The highest BCUT2D eigenvalue weighted by Gasteiger charge is 2.17. The topological polar surface area (TPSA) is 78.0 Å². The van der Waals surface area contributed by atoms with Gasteiger partial charge in [0.2, 0.25) is 0 Å². The second kappa shape index (κ2) is 10.0. The Morgan fingerprint density at radius 2 is 1.62 bits per heavy atom. The van der Waals surface area contributed by atoms with Crippen LogP contribution >= 0.6 is 0 Å².